The molecule has 2 heteroatoms. The van der Waals surface area contributed by atoms with Crippen molar-refractivity contribution in [2.24, 2.45) is 17.8 Å². The SMILES string of the molecule is CNC(Cc1ccoc1)CC1CC2CCC1C2. The van der Waals surface area contributed by atoms with Gasteiger partial charge in [0.05, 0.1) is 12.5 Å². The molecule has 1 aromatic heterocycles. The molecule has 2 aliphatic rings. The van der Waals surface area contributed by atoms with Gasteiger partial charge < -0.3 is 9.73 Å². The van der Waals surface area contributed by atoms with Crippen LogP contribution >= 0.6 is 0 Å². The van der Waals surface area contributed by atoms with Gasteiger partial charge in [-0.3, -0.25) is 0 Å². The Kier molecular flexibility index (Phi) is 3.24. The summed E-state index contributed by atoms with van der Waals surface area (Å²) in [5.74, 6) is 3.09. The Hall–Kier alpha value is -0.760. The second kappa shape index (κ2) is 4.85. The summed E-state index contributed by atoms with van der Waals surface area (Å²) in [4.78, 5) is 0. The van der Waals surface area contributed by atoms with Crippen LogP contribution in [-0.4, -0.2) is 13.1 Å². The van der Waals surface area contributed by atoms with Crippen molar-refractivity contribution in [1.82, 2.24) is 5.32 Å². The zero-order valence-electron chi connectivity index (χ0n) is 10.7. The lowest BCUT2D eigenvalue weighted by Crippen LogP contribution is -2.31. The summed E-state index contributed by atoms with van der Waals surface area (Å²) in [6.45, 7) is 0. The maximum atomic E-state index is 5.15. The fraction of sp³-hybridized carbons (Fsp3) is 0.733. The van der Waals surface area contributed by atoms with Crippen LogP contribution < -0.4 is 5.32 Å². The summed E-state index contributed by atoms with van der Waals surface area (Å²) in [7, 11) is 2.10. The quantitative estimate of drug-likeness (QED) is 0.844. The molecular formula is C15H23NO. The van der Waals surface area contributed by atoms with Gasteiger partial charge in [-0.25, -0.2) is 0 Å². The minimum Gasteiger partial charge on any atom is -0.472 e. The van der Waals surface area contributed by atoms with E-state index < -0.39 is 0 Å². The van der Waals surface area contributed by atoms with Gasteiger partial charge >= 0.3 is 0 Å². The van der Waals surface area contributed by atoms with Crippen LogP contribution in [0.1, 0.15) is 37.7 Å². The zero-order chi connectivity index (χ0) is 11.7. The van der Waals surface area contributed by atoms with Crippen LogP contribution in [0.25, 0.3) is 0 Å². The topological polar surface area (TPSA) is 25.2 Å². The van der Waals surface area contributed by atoms with E-state index in [1.54, 1.807) is 6.26 Å². The molecule has 1 aromatic rings. The molecule has 0 aromatic carbocycles. The third-order valence-corrected chi connectivity index (χ3v) is 4.94. The molecule has 4 atom stereocenters. The number of nitrogens with one attached hydrogen (secondary N) is 1. The molecule has 1 heterocycles. The van der Waals surface area contributed by atoms with E-state index in [0.717, 1.165) is 24.2 Å². The van der Waals surface area contributed by atoms with E-state index in [1.165, 1.54) is 37.7 Å². The minimum absolute atomic E-state index is 0.622. The summed E-state index contributed by atoms with van der Waals surface area (Å²) >= 11 is 0. The molecule has 4 unspecified atom stereocenters. The Balaban J connectivity index is 1.55. The molecule has 2 fully saturated rings. The lowest BCUT2D eigenvalue weighted by Gasteiger charge is -2.26. The third kappa shape index (κ3) is 2.42. The van der Waals surface area contributed by atoms with Crippen LogP contribution in [0.2, 0.25) is 0 Å². The van der Waals surface area contributed by atoms with Gasteiger partial charge in [0.1, 0.15) is 0 Å². The van der Waals surface area contributed by atoms with Crippen molar-refractivity contribution in [3.63, 3.8) is 0 Å². The van der Waals surface area contributed by atoms with Gasteiger partial charge in [0.15, 0.2) is 0 Å². The molecular weight excluding hydrogens is 210 g/mol. The van der Waals surface area contributed by atoms with E-state index >= 15 is 0 Å². The molecule has 17 heavy (non-hydrogen) atoms. The van der Waals surface area contributed by atoms with E-state index in [2.05, 4.69) is 18.4 Å². The van der Waals surface area contributed by atoms with Gasteiger partial charge in [0.2, 0.25) is 0 Å². The number of hydrogen-bond acceptors (Lipinski definition) is 2. The van der Waals surface area contributed by atoms with Gasteiger partial charge in [-0.2, -0.15) is 0 Å². The Bertz CT molecular complexity index is 346. The highest BCUT2D eigenvalue weighted by molar-refractivity contribution is 5.07. The van der Waals surface area contributed by atoms with Crippen molar-refractivity contribution >= 4 is 0 Å². The number of furan rings is 1. The van der Waals surface area contributed by atoms with E-state index in [9.17, 15) is 0 Å². The second-order valence-corrected chi connectivity index (χ2v) is 5.99. The van der Waals surface area contributed by atoms with Crippen molar-refractivity contribution in [1.29, 1.82) is 0 Å². The summed E-state index contributed by atoms with van der Waals surface area (Å²) < 4.78 is 5.15. The lowest BCUT2D eigenvalue weighted by atomic mass is 9.83. The fourth-order valence-electron chi connectivity index (χ4n) is 4.03. The van der Waals surface area contributed by atoms with Crippen LogP contribution in [-0.2, 0) is 6.42 Å². The highest BCUT2D eigenvalue weighted by Gasteiger charge is 2.39. The average Bonchev–Trinajstić information content (AvgIpc) is 3.04. The van der Waals surface area contributed by atoms with Gasteiger partial charge in [-0.05, 0) is 68.5 Å². The molecule has 0 radical (unpaired) electrons. The number of fused-ring (bicyclic) bond motifs is 2. The van der Waals surface area contributed by atoms with E-state index in [-0.39, 0.29) is 0 Å². The fourth-order valence-corrected chi connectivity index (χ4v) is 4.03. The third-order valence-electron chi connectivity index (χ3n) is 4.94. The lowest BCUT2D eigenvalue weighted by molar-refractivity contribution is 0.281. The first kappa shape index (κ1) is 11.3. The predicted molar refractivity (Wildman–Crippen MR) is 68.8 cm³/mol. The largest absolute Gasteiger partial charge is 0.472 e. The van der Waals surface area contributed by atoms with Gasteiger partial charge in [-0.15, -0.1) is 0 Å². The van der Waals surface area contributed by atoms with Gasteiger partial charge in [0, 0.05) is 6.04 Å². The Morgan fingerprint density at radius 2 is 2.35 bits per heavy atom. The number of rotatable bonds is 5. The smallest absolute Gasteiger partial charge is 0.0935 e. The minimum atomic E-state index is 0.622. The van der Waals surface area contributed by atoms with Crippen molar-refractivity contribution in [2.45, 2.75) is 44.6 Å². The molecule has 1 N–H and O–H groups in total. The summed E-state index contributed by atoms with van der Waals surface area (Å²) in [5, 5.41) is 3.49. The predicted octanol–water partition coefficient (Wildman–Crippen LogP) is 3.24. The second-order valence-electron chi connectivity index (χ2n) is 5.99. The van der Waals surface area contributed by atoms with Gasteiger partial charge in [-0.1, -0.05) is 6.42 Å². The zero-order valence-corrected chi connectivity index (χ0v) is 10.7. The molecule has 0 aliphatic heterocycles. The van der Waals surface area contributed by atoms with Crippen molar-refractivity contribution in [3.8, 4) is 0 Å². The monoisotopic (exact) mass is 233 g/mol. The number of likely N-dealkylation sites (N-methyl/N-ethyl adjacent to an activating group) is 1. The van der Waals surface area contributed by atoms with Crippen LogP contribution in [0.15, 0.2) is 23.0 Å². The molecule has 0 amide bonds. The molecule has 2 nitrogen and oxygen atoms in total. The van der Waals surface area contributed by atoms with Crippen LogP contribution in [0.5, 0.6) is 0 Å². The molecule has 94 valence electrons. The normalized spacial score (nSPS) is 33.1. The van der Waals surface area contributed by atoms with E-state index in [0.29, 0.717) is 6.04 Å². The van der Waals surface area contributed by atoms with E-state index in [4.69, 9.17) is 4.42 Å². The van der Waals surface area contributed by atoms with Gasteiger partial charge in [0.25, 0.3) is 0 Å². The Morgan fingerprint density at radius 3 is 2.94 bits per heavy atom. The molecule has 2 saturated carbocycles. The Labute approximate surface area is 104 Å². The highest BCUT2D eigenvalue weighted by Crippen LogP contribution is 2.49. The number of hydrogen-bond donors (Lipinski definition) is 1. The summed E-state index contributed by atoms with van der Waals surface area (Å²) in [5.41, 5.74) is 1.33. The Morgan fingerprint density at radius 1 is 1.41 bits per heavy atom. The van der Waals surface area contributed by atoms with Crippen molar-refractivity contribution in [3.05, 3.63) is 24.2 Å². The molecule has 3 rings (SSSR count). The molecule has 0 spiro atoms. The highest BCUT2D eigenvalue weighted by atomic mass is 16.3. The molecule has 0 saturated heterocycles. The van der Waals surface area contributed by atoms with Crippen LogP contribution in [0.3, 0.4) is 0 Å². The van der Waals surface area contributed by atoms with Crippen LogP contribution in [0, 0.1) is 17.8 Å². The first-order chi connectivity index (χ1) is 8.35. The summed E-state index contributed by atoms with van der Waals surface area (Å²) in [6.07, 6.45) is 12.1. The summed E-state index contributed by atoms with van der Waals surface area (Å²) in [6, 6.07) is 2.71. The molecule has 2 aliphatic carbocycles. The maximum Gasteiger partial charge on any atom is 0.0935 e. The van der Waals surface area contributed by atoms with E-state index in [1.807, 2.05) is 6.26 Å². The first-order valence-electron chi connectivity index (χ1n) is 7.03. The molecule has 2 bridgehead atoms. The maximum absolute atomic E-state index is 5.15. The van der Waals surface area contributed by atoms with Crippen LogP contribution in [0.4, 0.5) is 0 Å². The average molecular weight is 233 g/mol. The van der Waals surface area contributed by atoms with Crippen molar-refractivity contribution < 1.29 is 4.42 Å². The first-order valence-corrected chi connectivity index (χ1v) is 7.03. The van der Waals surface area contributed by atoms with Crippen molar-refractivity contribution in [2.75, 3.05) is 7.05 Å². The standard InChI is InChI=1S/C15H23NO/c1-16-15(8-12-4-5-17-10-12)9-14-7-11-2-3-13(14)6-11/h4-5,10-11,13-16H,2-3,6-9H2,1H3.